The molecule has 1 fully saturated rings. The maximum absolute atomic E-state index is 13.8. The number of hydrogen-bond acceptors (Lipinski definition) is 7. The van der Waals surface area contributed by atoms with Gasteiger partial charge < -0.3 is 19.4 Å². The van der Waals surface area contributed by atoms with Gasteiger partial charge >= 0.3 is 5.97 Å². The Kier molecular flexibility index (Phi) is 6.72. The minimum atomic E-state index is -0.877. The largest absolute Gasteiger partial charge is 0.409 e. The molecule has 10 nitrogen and oxygen atoms in total. The summed E-state index contributed by atoms with van der Waals surface area (Å²) in [5.41, 5.74) is 2.83. The highest BCUT2D eigenvalue weighted by atomic mass is 16.5. The van der Waals surface area contributed by atoms with Crippen LogP contribution in [0.15, 0.2) is 65.5 Å². The summed E-state index contributed by atoms with van der Waals surface area (Å²) in [6, 6.07) is 18.2. The standard InChI is InChI=1S/C29H29N5O5/c1-19-24-26(31-34(28(24)37)21-10-6-3-7-11-21)25-22(27(36)30-20-8-4-2-5-9-20)18-23(35)39-29(25)33(19)13-12-32-14-16-38-17-15-32/h2-11,22H,12-18H2,1H3,(H,30,36)/t22-/m1/s1. The molecule has 0 saturated carbocycles. The van der Waals surface area contributed by atoms with Crippen LogP contribution in [0, 0.1) is 6.92 Å². The highest BCUT2D eigenvalue weighted by Crippen LogP contribution is 2.43. The van der Waals surface area contributed by atoms with Crippen molar-refractivity contribution in [3.05, 3.63) is 82.3 Å². The number of aromatic nitrogens is 3. The molecule has 6 rings (SSSR count). The lowest BCUT2D eigenvalue weighted by Gasteiger charge is -2.31. The molecule has 10 heteroatoms. The normalized spacial score (nSPS) is 17.6. The zero-order valence-corrected chi connectivity index (χ0v) is 21.6. The van der Waals surface area contributed by atoms with E-state index in [0.29, 0.717) is 60.2 Å². The molecule has 1 N–H and O–H groups in total. The number of anilines is 1. The number of amides is 1. The summed E-state index contributed by atoms with van der Waals surface area (Å²) >= 11 is 0. The maximum atomic E-state index is 13.8. The van der Waals surface area contributed by atoms with Crippen molar-refractivity contribution in [2.45, 2.75) is 25.8 Å². The van der Waals surface area contributed by atoms with Crippen molar-refractivity contribution in [3.8, 4) is 22.8 Å². The third-order valence-electron chi connectivity index (χ3n) is 7.37. The van der Waals surface area contributed by atoms with Crippen molar-refractivity contribution in [2.24, 2.45) is 0 Å². The van der Waals surface area contributed by atoms with Crippen LogP contribution in [0.2, 0.25) is 0 Å². The molecule has 0 radical (unpaired) electrons. The molecule has 0 spiro atoms. The summed E-state index contributed by atoms with van der Waals surface area (Å²) in [4.78, 5) is 42.5. The van der Waals surface area contributed by atoms with Gasteiger partial charge in [0.15, 0.2) is 0 Å². The lowest BCUT2D eigenvalue weighted by Crippen LogP contribution is -2.39. The van der Waals surface area contributed by atoms with Crippen LogP contribution < -0.4 is 15.6 Å². The number of rotatable bonds is 6. The molecular weight excluding hydrogens is 498 g/mol. The van der Waals surface area contributed by atoms with Gasteiger partial charge in [-0.2, -0.15) is 9.78 Å². The van der Waals surface area contributed by atoms with Gasteiger partial charge in [0.25, 0.3) is 5.56 Å². The van der Waals surface area contributed by atoms with Gasteiger partial charge in [-0.25, -0.2) is 0 Å². The van der Waals surface area contributed by atoms with Crippen LogP contribution >= 0.6 is 0 Å². The first-order chi connectivity index (χ1) is 19.0. The Labute approximate surface area is 225 Å². The van der Waals surface area contributed by atoms with Gasteiger partial charge in [-0.3, -0.25) is 19.3 Å². The maximum Gasteiger partial charge on any atom is 0.313 e. The molecule has 1 amide bonds. The second kappa shape index (κ2) is 10.5. The van der Waals surface area contributed by atoms with Crippen LogP contribution in [-0.2, 0) is 20.9 Å². The number of esters is 1. The second-order valence-electron chi connectivity index (χ2n) is 9.77. The van der Waals surface area contributed by atoms with Crippen LogP contribution in [0.25, 0.3) is 16.9 Å². The molecule has 4 heterocycles. The van der Waals surface area contributed by atoms with Gasteiger partial charge in [-0.1, -0.05) is 36.4 Å². The van der Waals surface area contributed by atoms with Gasteiger partial charge in [0.2, 0.25) is 11.8 Å². The average Bonchev–Trinajstić information content (AvgIpc) is 3.31. The quantitative estimate of drug-likeness (QED) is 0.384. The van der Waals surface area contributed by atoms with Crippen molar-refractivity contribution in [1.29, 1.82) is 0 Å². The number of carbonyl (C=O) groups excluding carboxylic acids is 2. The predicted octanol–water partition coefficient (Wildman–Crippen LogP) is 2.81. The second-order valence-corrected chi connectivity index (χ2v) is 9.77. The van der Waals surface area contributed by atoms with Crippen LogP contribution in [0.4, 0.5) is 5.69 Å². The van der Waals surface area contributed by atoms with E-state index in [0.717, 1.165) is 13.1 Å². The molecule has 1 atom stereocenters. The van der Waals surface area contributed by atoms with E-state index >= 15 is 0 Å². The fourth-order valence-corrected chi connectivity index (χ4v) is 5.35. The number of hydrogen-bond donors (Lipinski definition) is 1. The third-order valence-corrected chi connectivity index (χ3v) is 7.37. The zero-order valence-electron chi connectivity index (χ0n) is 21.6. The van der Waals surface area contributed by atoms with Gasteiger partial charge in [0.1, 0.15) is 5.69 Å². The number of ether oxygens (including phenoxy) is 2. The zero-order chi connectivity index (χ0) is 26.9. The van der Waals surface area contributed by atoms with E-state index in [9.17, 15) is 14.4 Å². The fourth-order valence-electron chi connectivity index (χ4n) is 5.35. The minimum Gasteiger partial charge on any atom is -0.409 e. The summed E-state index contributed by atoms with van der Waals surface area (Å²) in [7, 11) is 0. The highest BCUT2D eigenvalue weighted by Gasteiger charge is 2.41. The minimum absolute atomic E-state index is 0.153. The third kappa shape index (κ3) is 4.73. The number of fused-ring (bicyclic) bond motifs is 3. The number of carbonyl (C=O) groups is 2. The molecule has 0 aliphatic carbocycles. The molecule has 0 unspecified atom stereocenters. The molecule has 0 bridgehead atoms. The average molecular weight is 528 g/mol. The van der Waals surface area contributed by atoms with Gasteiger partial charge in [-0.15, -0.1) is 0 Å². The van der Waals surface area contributed by atoms with E-state index < -0.39 is 11.9 Å². The Morgan fingerprint density at radius 3 is 2.41 bits per heavy atom. The van der Waals surface area contributed by atoms with Gasteiger partial charge in [0, 0.05) is 37.6 Å². The van der Waals surface area contributed by atoms with Crippen molar-refractivity contribution in [3.63, 3.8) is 0 Å². The van der Waals surface area contributed by atoms with E-state index in [1.165, 1.54) is 4.68 Å². The molecule has 4 aliphatic heterocycles. The molecule has 39 heavy (non-hydrogen) atoms. The number of nitrogens with one attached hydrogen (secondary N) is 1. The number of pyridine rings is 1. The van der Waals surface area contributed by atoms with E-state index in [-0.39, 0.29) is 23.8 Å². The molecule has 0 aromatic heterocycles. The van der Waals surface area contributed by atoms with Gasteiger partial charge in [-0.05, 0) is 31.2 Å². The summed E-state index contributed by atoms with van der Waals surface area (Å²) in [6.45, 7) is 5.89. The first-order valence-corrected chi connectivity index (χ1v) is 13.1. The Hall–Kier alpha value is -4.28. The van der Waals surface area contributed by atoms with Crippen molar-refractivity contribution < 1.29 is 19.1 Å². The monoisotopic (exact) mass is 527 g/mol. The summed E-state index contributed by atoms with van der Waals surface area (Å²) in [6.07, 6.45) is -0.153. The Morgan fingerprint density at radius 2 is 1.69 bits per heavy atom. The molecule has 4 aliphatic rings. The van der Waals surface area contributed by atoms with Crippen LogP contribution in [0.5, 0.6) is 5.88 Å². The van der Waals surface area contributed by atoms with Crippen molar-refractivity contribution in [1.82, 2.24) is 19.2 Å². The Bertz CT molecular complexity index is 1540. The smallest absolute Gasteiger partial charge is 0.313 e. The molecule has 200 valence electrons. The molecule has 2 aromatic carbocycles. The SMILES string of the molecule is Cc1c2c(=O)n(-c3ccccc3)nc-2c2c(n1CCN1CCOCC1)OC(=O)C[C@H]2C(=O)Nc1ccccc1. The summed E-state index contributed by atoms with van der Waals surface area (Å²) < 4.78 is 14.5. The lowest BCUT2D eigenvalue weighted by molar-refractivity contribution is -0.138. The van der Waals surface area contributed by atoms with E-state index in [2.05, 4.69) is 10.2 Å². The molecule has 1 saturated heterocycles. The topological polar surface area (TPSA) is 108 Å². The number of nitrogens with zero attached hydrogens (tertiary/aromatic N) is 4. The van der Waals surface area contributed by atoms with Crippen molar-refractivity contribution >= 4 is 17.6 Å². The highest BCUT2D eigenvalue weighted by molar-refractivity contribution is 6.01. The number of benzene rings is 2. The first-order valence-electron chi connectivity index (χ1n) is 13.1. The summed E-state index contributed by atoms with van der Waals surface area (Å²) in [5.74, 6) is -1.46. The van der Waals surface area contributed by atoms with Crippen LogP contribution in [-0.4, -0.2) is 64.0 Å². The number of morpholine rings is 1. The van der Waals surface area contributed by atoms with Gasteiger partial charge in [0.05, 0.1) is 42.4 Å². The van der Waals surface area contributed by atoms with E-state index in [1.54, 1.807) is 24.3 Å². The molecule has 2 aromatic rings. The number of para-hydroxylation sites is 2. The van der Waals surface area contributed by atoms with Crippen LogP contribution in [0.3, 0.4) is 0 Å². The Balaban J connectivity index is 1.51. The molecular formula is C29H29N5O5. The predicted molar refractivity (Wildman–Crippen MR) is 145 cm³/mol. The lowest BCUT2D eigenvalue weighted by atomic mass is 9.89. The van der Waals surface area contributed by atoms with E-state index in [4.69, 9.17) is 14.6 Å². The first kappa shape index (κ1) is 25.0. The Morgan fingerprint density at radius 1 is 1.00 bits per heavy atom. The fraction of sp³-hybridized carbons (Fsp3) is 0.310. The van der Waals surface area contributed by atoms with Crippen LogP contribution in [0.1, 0.15) is 23.6 Å². The summed E-state index contributed by atoms with van der Waals surface area (Å²) in [5, 5.41) is 7.62. The van der Waals surface area contributed by atoms with Crippen molar-refractivity contribution in [2.75, 3.05) is 38.2 Å². The van der Waals surface area contributed by atoms with E-state index in [1.807, 2.05) is 47.9 Å².